The Labute approximate surface area is 140 Å². The topological polar surface area (TPSA) is 52.6 Å². The summed E-state index contributed by atoms with van der Waals surface area (Å²) in [6.45, 7) is 0. The van der Waals surface area contributed by atoms with Crippen LogP contribution >= 0.6 is 0 Å². The minimum absolute atomic E-state index is 0.333. The average Bonchev–Trinajstić information content (AvgIpc) is 2.63. The van der Waals surface area contributed by atoms with Crippen molar-refractivity contribution in [1.82, 2.24) is 0 Å². The van der Waals surface area contributed by atoms with Crippen molar-refractivity contribution in [1.29, 1.82) is 0 Å². The van der Waals surface area contributed by atoms with E-state index in [0.29, 0.717) is 11.1 Å². The van der Waals surface area contributed by atoms with Crippen molar-refractivity contribution in [2.45, 2.75) is 25.0 Å². The minimum atomic E-state index is -0.422. The van der Waals surface area contributed by atoms with Crippen molar-refractivity contribution in [3.8, 4) is 0 Å². The molecule has 0 spiro atoms. The van der Waals surface area contributed by atoms with Gasteiger partial charge in [0.2, 0.25) is 0 Å². The number of rotatable bonds is 4. The highest BCUT2D eigenvalue weighted by Gasteiger charge is 2.15. The van der Waals surface area contributed by atoms with E-state index in [1.54, 1.807) is 24.3 Å². The Morgan fingerprint density at radius 2 is 1.00 bits per heavy atom. The summed E-state index contributed by atoms with van der Waals surface area (Å²) in [5.74, 6) is -0.844. The van der Waals surface area contributed by atoms with E-state index < -0.39 is 11.9 Å². The first kappa shape index (κ1) is 16.0. The van der Waals surface area contributed by atoms with Gasteiger partial charge >= 0.3 is 11.9 Å². The molecule has 0 aromatic heterocycles. The number of ether oxygens (including phenoxy) is 2. The lowest BCUT2D eigenvalue weighted by atomic mass is 10.1. The fourth-order valence-electron chi connectivity index (χ4n) is 2.42. The van der Waals surface area contributed by atoms with Crippen molar-refractivity contribution in [3.05, 3.63) is 84.0 Å². The Morgan fingerprint density at radius 3 is 1.33 bits per heavy atom. The molecule has 24 heavy (non-hydrogen) atoms. The first-order valence-corrected chi connectivity index (χ1v) is 7.91. The van der Waals surface area contributed by atoms with Gasteiger partial charge in [-0.3, -0.25) is 0 Å². The number of hydrogen-bond donors (Lipinski definition) is 0. The van der Waals surface area contributed by atoms with Crippen molar-refractivity contribution < 1.29 is 19.1 Å². The molecule has 0 radical (unpaired) electrons. The molecule has 0 fully saturated rings. The van der Waals surface area contributed by atoms with Gasteiger partial charge in [-0.05, 0) is 61.4 Å². The van der Waals surface area contributed by atoms with E-state index >= 15 is 0 Å². The highest BCUT2D eigenvalue weighted by atomic mass is 16.5. The summed E-state index contributed by atoms with van der Waals surface area (Å²) in [7, 11) is 0. The SMILES string of the molecule is O=C(OC1C=CCC=C1)c1ccc(C(=O)OC2C=CCC=C2)cc1. The van der Waals surface area contributed by atoms with Crippen LogP contribution < -0.4 is 0 Å². The van der Waals surface area contributed by atoms with Gasteiger partial charge in [-0.1, -0.05) is 24.3 Å². The molecule has 2 aliphatic carbocycles. The molecule has 1 aromatic carbocycles. The summed E-state index contributed by atoms with van der Waals surface area (Å²) in [6, 6.07) is 6.28. The van der Waals surface area contributed by atoms with Crippen LogP contribution in [-0.2, 0) is 9.47 Å². The average molecular weight is 322 g/mol. The third kappa shape index (κ3) is 4.10. The summed E-state index contributed by atoms with van der Waals surface area (Å²) < 4.78 is 10.7. The van der Waals surface area contributed by atoms with E-state index in [2.05, 4.69) is 0 Å². The molecule has 2 aliphatic rings. The molecule has 4 nitrogen and oxygen atoms in total. The van der Waals surface area contributed by atoms with Crippen LogP contribution in [0.5, 0.6) is 0 Å². The molecule has 1 aromatic rings. The van der Waals surface area contributed by atoms with Crippen LogP contribution in [0.25, 0.3) is 0 Å². The largest absolute Gasteiger partial charge is 0.450 e. The van der Waals surface area contributed by atoms with Crippen LogP contribution in [0.15, 0.2) is 72.9 Å². The maximum Gasteiger partial charge on any atom is 0.339 e. The molecule has 4 heteroatoms. The second-order valence-corrected chi connectivity index (χ2v) is 5.50. The van der Waals surface area contributed by atoms with Gasteiger partial charge in [0.1, 0.15) is 12.2 Å². The monoisotopic (exact) mass is 322 g/mol. The summed E-state index contributed by atoms with van der Waals surface area (Å²) >= 11 is 0. The minimum Gasteiger partial charge on any atom is -0.450 e. The predicted octanol–water partition coefficient (Wildman–Crippen LogP) is 3.77. The van der Waals surface area contributed by atoms with Gasteiger partial charge in [0.15, 0.2) is 0 Å². The quantitative estimate of drug-likeness (QED) is 0.625. The second kappa shape index (κ2) is 7.59. The zero-order valence-electron chi connectivity index (χ0n) is 13.1. The number of hydrogen-bond acceptors (Lipinski definition) is 4. The number of benzene rings is 1. The van der Waals surface area contributed by atoms with Crippen LogP contribution in [0.1, 0.15) is 33.6 Å². The lowest BCUT2D eigenvalue weighted by Crippen LogP contribution is -2.16. The van der Waals surface area contributed by atoms with Crippen molar-refractivity contribution in [2.75, 3.05) is 0 Å². The van der Waals surface area contributed by atoms with Crippen LogP contribution in [0.4, 0.5) is 0 Å². The second-order valence-electron chi connectivity index (χ2n) is 5.50. The zero-order valence-corrected chi connectivity index (χ0v) is 13.1. The Hall–Kier alpha value is -2.88. The third-order valence-corrected chi connectivity index (χ3v) is 3.69. The van der Waals surface area contributed by atoms with Gasteiger partial charge in [0.25, 0.3) is 0 Å². The molecule has 0 heterocycles. The Balaban J connectivity index is 1.59. The molecule has 0 saturated carbocycles. The lowest BCUT2D eigenvalue weighted by molar-refractivity contribution is 0.0446. The smallest absolute Gasteiger partial charge is 0.339 e. The van der Waals surface area contributed by atoms with E-state index in [9.17, 15) is 9.59 Å². The van der Waals surface area contributed by atoms with Crippen LogP contribution in [-0.4, -0.2) is 24.1 Å². The van der Waals surface area contributed by atoms with Crippen LogP contribution in [0, 0.1) is 0 Å². The van der Waals surface area contributed by atoms with Gasteiger partial charge in [-0.2, -0.15) is 0 Å². The summed E-state index contributed by atoms with van der Waals surface area (Å²) in [5, 5.41) is 0. The lowest BCUT2D eigenvalue weighted by Gasteiger charge is -2.14. The Bertz CT molecular complexity index is 636. The van der Waals surface area contributed by atoms with Crippen molar-refractivity contribution >= 4 is 11.9 Å². The maximum atomic E-state index is 12.1. The molecular formula is C20H18O4. The van der Waals surface area contributed by atoms with Gasteiger partial charge in [-0.25, -0.2) is 9.59 Å². The maximum absolute atomic E-state index is 12.1. The first-order valence-electron chi connectivity index (χ1n) is 7.91. The summed E-state index contributed by atoms with van der Waals surface area (Å²) in [4.78, 5) is 24.2. The van der Waals surface area contributed by atoms with E-state index in [1.807, 2.05) is 48.6 Å². The fraction of sp³-hybridized carbons (Fsp3) is 0.200. The Morgan fingerprint density at radius 1 is 0.667 bits per heavy atom. The van der Waals surface area contributed by atoms with Crippen LogP contribution in [0.2, 0.25) is 0 Å². The Kier molecular flexibility index (Phi) is 5.06. The van der Waals surface area contributed by atoms with E-state index in [1.165, 1.54) is 0 Å². The summed E-state index contributed by atoms with van der Waals surface area (Å²) in [5.41, 5.74) is 0.799. The summed E-state index contributed by atoms with van der Waals surface area (Å²) in [6.07, 6.45) is 16.2. The molecule has 0 atom stereocenters. The molecule has 0 unspecified atom stereocenters. The number of allylic oxidation sites excluding steroid dienone is 4. The molecule has 0 amide bonds. The third-order valence-electron chi connectivity index (χ3n) is 3.69. The van der Waals surface area contributed by atoms with Crippen molar-refractivity contribution in [3.63, 3.8) is 0 Å². The van der Waals surface area contributed by atoms with E-state index in [-0.39, 0.29) is 12.2 Å². The highest BCUT2D eigenvalue weighted by molar-refractivity contribution is 5.93. The van der Waals surface area contributed by atoms with Gasteiger partial charge in [0, 0.05) is 0 Å². The zero-order chi connectivity index (χ0) is 16.8. The van der Waals surface area contributed by atoms with Gasteiger partial charge in [0.05, 0.1) is 11.1 Å². The fourth-order valence-corrected chi connectivity index (χ4v) is 2.42. The highest BCUT2D eigenvalue weighted by Crippen LogP contribution is 2.13. The molecule has 0 bridgehead atoms. The normalized spacial score (nSPS) is 17.0. The number of esters is 2. The number of carbonyl (C=O) groups excluding carboxylic acids is 2. The molecular weight excluding hydrogens is 304 g/mol. The van der Waals surface area contributed by atoms with Crippen LogP contribution in [0.3, 0.4) is 0 Å². The standard InChI is InChI=1S/C20H18O4/c21-19(23-17-7-3-1-4-8-17)15-11-13-16(14-12-15)20(22)24-18-9-5-2-6-10-18/h3-14,17-18H,1-2H2. The van der Waals surface area contributed by atoms with E-state index in [0.717, 1.165) is 12.8 Å². The predicted molar refractivity (Wildman–Crippen MR) is 90.6 cm³/mol. The first-order chi connectivity index (χ1) is 11.7. The number of carbonyl (C=O) groups is 2. The molecule has 3 rings (SSSR count). The molecule has 122 valence electrons. The molecule has 0 saturated heterocycles. The molecule has 0 aliphatic heterocycles. The van der Waals surface area contributed by atoms with Gasteiger partial charge < -0.3 is 9.47 Å². The van der Waals surface area contributed by atoms with Gasteiger partial charge in [-0.15, -0.1) is 0 Å². The van der Waals surface area contributed by atoms with Crippen molar-refractivity contribution in [2.24, 2.45) is 0 Å². The van der Waals surface area contributed by atoms with E-state index in [4.69, 9.17) is 9.47 Å². The molecule has 0 N–H and O–H groups in total.